The van der Waals surface area contributed by atoms with E-state index in [1.54, 1.807) is 24.3 Å². The minimum Gasteiger partial charge on any atom is -0.320 e. The highest BCUT2D eigenvalue weighted by molar-refractivity contribution is 8.02. The maximum Gasteiger partial charge on any atom is 0.225 e. The van der Waals surface area contributed by atoms with Crippen LogP contribution in [-0.2, 0) is 10.5 Å². The number of rotatable bonds is 4. The van der Waals surface area contributed by atoms with Gasteiger partial charge in [0.25, 0.3) is 0 Å². The maximum absolute atomic E-state index is 13.2. The van der Waals surface area contributed by atoms with Crippen molar-refractivity contribution >= 4 is 40.9 Å². The van der Waals surface area contributed by atoms with Gasteiger partial charge >= 0.3 is 0 Å². The minimum absolute atomic E-state index is 0.153. The first-order chi connectivity index (χ1) is 12.5. The quantitative estimate of drug-likeness (QED) is 0.738. The fourth-order valence-corrected chi connectivity index (χ4v) is 4.34. The Balaban J connectivity index is 1.88. The Kier molecular flexibility index (Phi) is 5.87. The Bertz CT molecular complexity index is 922. The van der Waals surface area contributed by atoms with Crippen LogP contribution in [0.25, 0.3) is 0 Å². The van der Waals surface area contributed by atoms with Gasteiger partial charge < -0.3 is 5.32 Å². The lowest BCUT2D eigenvalue weighted by Crippen LogP contribution is -2.30. The highest BCUT2D eigenvalue weighted by Gasteiger charge is 2.29. The molecule has 7 heteroatoms. The number of hydrogen-bond donors (Lipinski definition) is 1. The molecule has 0 fully saturated rings. The third-order valence-corrected chi connectivity index (χ3v) is 5.67. The molecule has 2 aromatic rings. The van der Waals surface area contributed by atoms with Crippen molar-refractivity contribution < 1.29 is 9.18 Å². The van der Waals surface area contributed by atoms with Crippen molar-refractivity contribution in [1.29, 1.82) is 5.26 Å². The largest absolute Gasteiger partial charge is 0.320 e. The van der Waals surface area contributed by atoms with Crippen LogP contribution in [0.2, 0.25) is 10.0 Å². The van der Waals surface area contributed by atoms with Crippen LogP contribution in [0.15, 0.2) is 53.1 Å². The highest BCUT2D eigenvalue weighted by atomic mass is 35.5. The van der Waals surface area contributed by atoms with E-state index in [2.05, 4.69) is 11.4 Å². The Morgan fingerprint density at radius 1 is 1.23 bits per heavy atom. The third-order valence-electron chi connectivity index (χ3n) is 4.02. The molecule has 1 aliphatic rings. The van der Waals surface area contributed by atoms with Crippen molar-refractivity contribution in [3.05, 3.63) is 80.1 Å². The molecule has 1 atom stereocenters. The van der Waals surface area contributed by atoms with Gasteiger partial charge in [0.15, 0.2) is 0 Å². The first kappa shape index (κ1) is 18.8. The summed E-state index contributed by atoms with van der Waals surface area (Å²) in [6, 6.07) is 13.3. The molecule has 0 radical (unpaired) electrons. The fourth-order valence-electron chi connectivity index (χ4n) is 2.70. The Hall–Kier alpha value is -2.00. The lowest BCUT2D eigenvalue weighted by atomic mass is 9.87. The molecule has 0 aliphatic carbocycles. The molecule has 0 unspecified atom stereocenters. The van der Waals surface area contributed by atoms with Crippen LogP contribution >= 0.6 is 35.0 Å². The zero-order chi connectivity index (χ0) is 18.7. The maximum atomic E-state index is 13.2. The van der Waals surface area contributed by atoms with Gasteiger partial charge in [-0.25, -0.2) is 4.39 Å². The van der Waals surface area contributed by atoms with E-state index < -0.39 is 5.92 Å². The summed E-state index contributed by atoms with van der Waals surface area (Å²) in [7, 11) is 0. The van der Waals surface area contributed by atoms with Crippen molar-refractivity contribution in [1.82, 2.24) is 5.32 Å². The van der Waals surface area contributed by atoms with Crippen LogP contribution in [0.5, 0.6) is 0 Å². The van der Waals surface area contributed by atoms with E-state index in [0.29, 0.717) is 26.4 Å². The molecule has 0 saturated heterocycles. The van der Waals surface area contributed by atoms with Gasteiger partial charge in [-0.05, 0) is 35.4 Å². The van der Waals surface area contributed by atoms with Crippen LogP contribution < -0.4 is 5.32 Å². The molecule has 1 amide bonds. The van der Waals surface area contributed by atoms with Gasteiger partial charge in [0, 0.05) is 28.1 Å². The summed E-state index contributed by atoms with van der Waals surface area (Å²) in [5, 5.41) is 14.0. The minimum atomic E-state index is -0.391. The molecule has 3 nitrogen and oxygen atoms in total. The summed E-state index contributed by atoms with van der Waals surface area (Å²) in [4.78, 5) is 12.1. The monoisotopic (exact) mass is 406 g/mol. The summed E-state index contributed by atoms with van der Waals surface area (Å²) >= 11 is 13.4. The molecule has 26 heavy (non-hydrogen) atoms. The predicted octanol–water partition coefficient (Wildman–Crippen LogP) is 5.40. The summed E-state index contributed by atoms with van der Waals surface area (Å²) in [6.45, 7) is 0. The number of nitrogens with zero attached hydrogens (tertiary/aromatic N) is 1. The van der Waals surface area contributed by atoms with Crippen LogP contribution in [0.3, 0.4) is 0 Å². The third kappa shape index (κ3) is 4.21. The standard InChI is InChI=1S/C19H13Cl2FN2OS/c20-13-4-1-12(17(21)7-13)10-26-19-16(9-23)15(8-18(25)24-19)11-2-5-14(22)6-3-11/h1-7,15H,8,10H2,(H,24,25)/t15-/m1/s1. The van der Waals surface area contributed by atoms with Gasteiger partial charge in [0.2, 0.25) is 5.91 Å². The summed E-state index contributed by atoms with van der Waals surface area (Å²) < 4.78 is 13.2. The molecule has 0 spiro atoms. The van der Waals surface area contributed by atoms with E-state index in [4.69, 9.17) is 23.2 Å². The van der Waals surface area contributed by atoms with Gasteiger partial charge in [-0.1, -0.05) is 41.4 Å². The topological polar surface area (TPSA) is 52.9 Å². The molecule has 132 valence electrons. The number of thioether (sulfide) groups is 1. The van der Waals surface area contributed by atoms with E-state index in [-0.39, 0.29) is 18.1 Å². The molecule has 2 aromatic carbocycles. The van der Waals surface area contributed by atoms with E-state index in [1.807, 2.05) is 6.07 Å². The number of benzene rings is 2. The number of halogens is 3. The van der Waals surface area contributed by atoms with Crippen LogP contribution in [0, 0.1) is 17.1 Å². The molecule has 1 aliphatic heterocycles. The van der Waals surface area contributed by atoms with Gasteiger partial charge in [0.05, 0.1) is 16.7 Å². The smallest absolute Gasteiger partial charge is 0.225 e. The summed E-state index contributed by atoms with van der Waals surface area (Å²) in [5.74, 6) is -0.448. The van der Waals surface area contributed by atoms with Crippen LogP contribution in [0.4, 0.5) is 4.39 Å². The van der Waals surface area contributed by atoms with Crippen molar-refractivity contribution in [3.63, 3.8) is 0 Å². The molecule has 1 N–H and O–H groups in total. The van der Waals surface area contributed by atoms with E-state index in [0.717, 1.165) is 11.1 Å². The molecular weight excluding hydrogens is 394 g/mol. The lowest BCUT2D eigenvalue weighted by Gasteiger charge is -2.25. The Labute approximate surface area is 164 Å². The van der Waals surface area contributed by atoms with Crippen molar-refractivity contribution in [2.75, 3.05) is 0 Å². The lowest BCUT2D eigenvalue weighted by molar-refractivity contribution is -0.120. The zero-order valence-electron chi connectivity index (χ0n) is 13.4. The number of nitriles is 1. The molecule has 0 bridgehead atoms. The second-order valence-electron chi connectivity index (χ2n) is 5.74. The van der Waals surface area contributed by atoms with Gasteiger partial charge in [-0.15, -0.1) is 11.8 Å². The Morgan fingerprint density at radius 2 is 1.96 bits per heavy atom. The first-order valence-corrected chi connectivity index (χ1v) is 9.48. The van der Waals surface area contributed by atoms with E-state index in [9.17, 15) is 14.4 Å². The summed E-state index contributed by atoms with van der Waals surface area (Å²) in [5.41, 5.74) is 2.05. The van der Waals surface area contributed by atoms with Crippen molar-refractivity contribution in [2.45, 2.75) is 18.1 Å². The Morgan fingerprint density at radius 3 is 2.62 bits per heavy atom. The van der Waals surface area contributed by atoms with E-state index in [1.165, 1.54) is 23.9 Å². The van der Waals surface area contributed by atoms with Gasteiger partial charge in [-0.3, -0.25) is 4.79 Å². The average Bonchev–Trinajstić information content (AvgIpc) is 2.61. The number of amides is 1. The molecule has 3 rings (SSSR count). The van der Waals surface area contributed by atoms with Gasteiger partial charge in [-0.2, -0.15) is 5.26 Å². The number of carbonyl (C=O) groups excluding carboxylic acids is 1. The predicted molar refractivity (Wildman–Crippen MR) is 102 cm³/mol. The molecule has 1 heterocycles. The zero-order valence-corrected chi connectivity index (χ0v) is 15.8. The summed E-state index contributed by atoms with van der Waals surface area (Å²) in [6.07, 6.45) is 0.153. The second kappa shape index (κ2) is 8.13. The van der Waals surface area contributed by atoms with Gasteiger partial charge in [0.1, 0.15) is 5.82 Å². The number of allylic oxidation sites excluding steroid dienone is 1. The average molecular weight is 407 g/mol. The van der Waals surface area contributed by atoms with Crippen LogP contribution in [-0.4, -0.2) is 5.91 Å². The number of carbonyl (C=O) groups is 1. The van der Waals surface area contributed by atoms with E-state index >= 15 is 0 Å². The fraction of sp³-hybridized carbons (Fsp3) is 0.158. The normalized spacial score (nSPS) is 17.0. The second-order valence-corrected chi connectivity index (χ2v) is 7.56. The van der Waals surface area contributed by atoms with Crippen molar-refractivity contribution in [3.8, 4) is 6.07 Å². The molecule has 0 aromatic heterocycles. The highest BCUT2D eigenvalue weighted by Crippen LogP contribution is 2.37. The number of hydrogen-bond acceptors (Lipinski definition) is 3. The van der Waals surface area contributed by atoms with Crippen LogP contribution in [0.1, 0.15) is 23.5 Å². The number of nitrogens with one attached hydrogen (secondary N) is 1. The molecular formula is C19H13Cl2FN2OS. The first-order valence-electron chi connectivity index (χ1n) is 7.74. The molecule has 0 saturated carbocycles. The SMILES string of the molecule is N#CC1=C(SCc2ccc(Cl)cc2Cl)NC(=O)C[C@@H]1c1ccc(F)cc1. The van der Waals surface area contributed by atoms with Crippen molar-refractivity contribution in [2.24, 2.45) is 0 Å².